The Balaban J connectivity index is 2.46. The van der Waals surface area contributed by atoms with Crippen LogP contribution in [0.4, 0.5) is 0 Å². The molecule has 1 N–H and O–H groups in total. The maximum Gasteiger partial charge on any atom is 0.344 e. The number of hydrogen-bond acceptors (Lipinski definition) is 3. The molecule has 0 amide bonds. The van der Waals surface area contributed by atoms with Gasteiger partial charge < -0.3 is 9.40 Å². The number of rotatable bonds is 0. The fourth-order valence-corrected chi connectivity index (χ4v) is 2.59. The first-order valence-corrected chi connectivity index (χ1v) is 6.22. The van der Waals surface area contributed by atoms with Crippen molar-refractivity contribution in [3.8, 4) is 0 Å². The van der Waals surface area contributed by atoms with E-state index in [-0.39, 0.29) is 5.56 Å². The lowest BCUT2D eigenvalue weighted by Crippen LogP contribution is -2.10. The first-order valence-electron chi connectivity index (χ1n) is 6.22. The number of aromatic amines is 1. The van der Waals surface area contributed by atoms with Gasteiger partial charge in [-0.2, -0.15) is 0 Å². The third-order valence-electron chi connectivity index (χ3n) is 3.49. The molecule has 4 aromatic rings. The van der Waals surface area contributed by atoms with Gasteiger partial charge in [0.25, 0.3) is 5.56 Å². The summed E-state index contributed by atoms with van der Waals surface area (Å²) in [5, 5.41) is 2.18. The van der Waals surface area contributed by atoms with Crippen LogP contribution in [-0.4, -0.2) is 4.98 Å². The van der Waals surface area contributed by atoms with Crippen LogP contribution in [0.5, 0.6) is 0 Å². The third kappa shape index (κ3) is 1.36. The first-order chi connectivity index (χ1) is 9.75. The Labute approximate surface area is 112 Å². The second kappa shape index (κ2) is 3.81. The minimum Gasteiger partial charge on any atom is -0.421 e. The van der Waals surface area contributed by atoms with Crippen LogP contribution in [0.25, 0.3) is 32.6 Å². The highest BCUT2D eigenvalue weighted by Gasteiger charge is 2.13. The molecule has 4 rings (SSSR count). The molecule has 0 atom stereocenters. The van der Waals surface area contributed by atoms with Crippen LogP contribution in [0, 0.1) is 0 Å². The number of para-hydroxylation sites is 1. The Hall–Kier alpha value is -2.88. The van der Waals surface area contributed by atoms with E-state index in [1.54, 1.807) is 30.3 Å². The van der Waals surface area contributed by atoms with Gasteiger partial charge in [0.1, 0.15) is 0 Å². The second-order valence-electron chi connectivity index (χ2n) is 4.64. The predicted molar refractivity (Wildman–Crippen MR) is 78.1 cm³/mol. The molecule has 2 heterocycles. The molecule has 20 heavy (non-hydrogen) atoms. The van der Waals surface area contributed by atoms with E-state index in [9.17, 15) is 9.59 Å². The zero-order valence-electron chi connectivity index (χ0n) is 10.3. The SMILES string of the molecule is O=c1oc2c3ccccc3[nH]c(=O)c2c2ccccc12. The van der Waals surface area contributed by atoms with E-state index < -0.39 is 5.63 Å². The van der Waals surface area contributed by atoms with Crippen LogP contribution >= 0.6 is 0 Å². The molecule has 0 unspecified atom stereocenters. The quantitative estimate of drug-likeness (QED) is 0.496. The van der Waals surface area contributed by atoms with Gasteiger partial charge in [-0.3, -0.25) is 4.79 Å². The highest BCUT2D eigenvalue weighted by molar-refractivity contribution is 6.12. The van der Waals surface area contributed by atoms with Crippen molar-refractivity contribution >= 4 is 32.6 Å². The van der Waals surface area contributed by atoms with Crippen LogP contribution in [0.1, 0.15) is 0 Å². The summed E-state index contributed by atoms with van der Waals surface area (Å²) in [7, 11) is 0. The Morgan fingerprint density at radius 3 is 2.25 bits per heavy atom. The number of pyridine rings is 1. The smallest absolute Gasteiger partial charge is 0.344 e. The molecule has 0 aliphatic carbocycles. The largest absolute Gasteiger partial charge is 0.421 e. The highest BCUT2D eigenvalue weighted by Crippen LogP contribution is 2.25. The van der Waals surface area contributed by atoms with Gasteiger partial charge in [-0.15, -0.1) is 0 Å². The van der Waals surface area contributed by atoms with E-state index in [2.05, 4.69) is 4.98 Å². The number of hydrogen-bond donors (Lipinski definition) is 1. The summed E-state index contributed by atoms with van der Waals surface area (Å²) in [5.41, 5.74) is 0.319. The van der Waals surface area contributed by atoms with E-state index in [1.165, 1.54) is 0 Å². The van der Waals surface area contributed by atoms with Crippen LogP contribution in [0.2, 0.25) is 0 Å². The van der Waals surface area contributed by atoms with E-state index in [0.29, 0.717) is 27.3 Å². The summed E-state index contributed by atoms with van der Waals surface area (Å²) in [4.78, 5) is 27.2. The van der Waals surface area contributed by atoms with Crippen molar-refractivity contribution in [2.75, 3.05) is 0 Å². The van der Waals surface area contributed by atoms with Crippen molar-refractivity contribution in [3.05, 3.63) is 69.3 Å². The molecule has 0 saturated heterocycles. The van der Waals surface area contributed by atoms with E-state index in [1.807, 2.05) is 18.2 Å². The molecule has 96 valence electrons. The van der Waals surface area contributed by atoms with Crippen LogP contribution in [0.15, 0.2) is 62.5 Å². The van der Waals surface area contributed by atoms with Crippen LogP contribution in [0.3, 0.4) is 0 Å². The molecule has 4 heteroatoms. The first kappa shape index (κ1) is 11.0. The van der Waals surface area contributed by atoms with E-state index in [4.69, 9.17) is 4.42 Å². The zero-order valence-corrected chi connectivity index (χ0v) is 10.3. The molecule has 0 radical (unpaired) electrons. The molecule has 4 nitrogen and oxygen atoms in total. The van der Waals surface area contributed by atoms with Gasteiger partial charge in [0.2, 0.25) is 0 Å². The van der Waals surface area contributed by atoms with Crippen molar-refractivity contribution in [1.82, 2.24) is 4.98 Å². The summed E-state index contributed by atoms with van der Waals surface area (Å²) in [6, 6.07) is 14.2. The lowest BCUT2D eigenvalue weighted by Gasteiger charge is -2.04. The average molecular weight is 263 g/mol. The van der Waals surface area contributed by atoms with Gasteiger partial charge in [0.05, 0.1) is 16.3 Å². The summed E-state index contributed by atoms with van der Waals surface area (Å²) in [5.74, 6) is 0. The molecule has 0 fully saturated rings. The molecular weight excluding hydrogens is 254 g/mol. The number of benzene rings is 2. The van der Waals surface area contributed by atoms with Gasteiger partial charge in [-0.1, -0.05) is 30.3 Å². The number of H-pyrrole nitrogens is 1. The Morgan fingerprint density at radius 2 is 1.45 bits per heavy atom. The predicted octanol–water partition coefficient (Wildman–Crippen LogP) is 2.79. The van der Waals surface area contributed by atoms with E-state index >= 15 is 0 Å². The Bertz CT molecular complexity index is 1090. The van der Waals surface area contributed by atoms with Gasteiger partial charge in [-0.25, -0.2) is 4.79 Å². The summed E-state index contributed by atoms with van der Waals surface area (Å²) in [6.45, 7) is 0. The molecule has 0 saturated carbocycles. The lowest BCUT2D eigenvalue weighted by atomic mass is 10.1. The topological polar surface area (TPSA) is 63.1 Å². The van der Waals surface area contributed by atoms with E-state index in [0.717, 1.165) is 5.39 Å². The monoisotopic (exact) mass is 263 g/mol. The molecular formula is C16H9NO3. The normalized spacial score (nSPS) is 11.4. The van der Waals surface area contributed by atoms with Crippen LogP contribution < -0.4 is 11.2 Å². The van der Waals surface area contributed by atoms with Gasteiger partial charge in [-0.05, 0) is 18.2 Å². The number of aromatic nitrogens is 1. The van der Waals surface area contributed by atoms with Gasteiger partial charge >= 0.3 is 5.63 Å². The molecule has 0 aliphatic rings. The van der Waals surface area contributed by atoms with Crippen molar-refractivity contribution in [1.29, 1.82) is 0 Å². The third-order valence-corrected chi connectivity index (χ3v) is 3.49. The van der Waals surface area contributed by atoms with Gasteiger partial charge in [0, 0.05) is 10.8 Å². The minimum absolute atomic E-state index is 0.251. The summed E-state index contributed by atoms with van der Waals surface area (Å²) >= 11 is 0. The Morgan fingerprint density at radius 1 is 0.800 bits per heavy atom. The molecule has 0 aliphatic heterocycles. The second-order valence-corrected chi connectivity index (χ2v) is 4.64. The molecule has 0 spiro atoms. The maximum absolute atomic E-state index is 12.3. The minimum atomic E-state index is -0.427. The van der Waals surface area contributed by atoms with Crippen LogP contribution in [-0.2, 0) is 0 Å². The summed E-state index contributed by atoms with van der Waals surface area (Å²) < 4.78 is 5.39. The number of fused-ring (bicyclic) bond motifs is 5. The Kier molecular flexibility index (Phi) is 2.09. The van der Waals surface area contributed by atoms with Crippen molar-refractivity contribution in [2.45, 2.75) is 0 Å². The maximum atomic E-state index is 12.3. The average Bonchev–Trinajstić information content (AvgIpc) is 2.47. The van der Waals surface area contributed by atoms with Gasteiger partial charge in [0.15, 0.2) is 5.58 Å². The van der Waals surface area contributed by atoms with Crippen molar-refractivity contribution in [2.24, 2.45) is 0 Å². The van der Waals surface area contributed by atoms with Crippen molar-refractivity contribution in [3.63, 3.8) is 0 Å². The highest BCUT2D eigenvalue weighted by atomic mass is 16.4. The zero-order chi connectivity index (χ0) is 13.7. The fourth-order valence-electron chi connectivity index (χ4n) is 2.59. The standard InChI is InChI=1S/C16H9NO3/c18-15-13-9-5-1-2-6-10(9)16(19)20-14(13)11-7-3-4-8-12(11)17-15/h1-8H,(H,17,18). The summed E-state index contributed by atoms with van der Waals surface area (Å²) in [6.07, 6.45) is 0. The lowest BCUT2D eigenvalue weighted by molar-refractivity contribution is 0.572. The molecule has 2 aromatic heterocycles. The molecule has 0 bridgehead atoms. The fraction of sp³-hybridized carbons (Fsp3) is 0. The van der Waals surface area contributed by atoms with Crippen molar-refractivity contribution < 1.29 is 4.42 Å². The molecule has 2 aromatic carbocycles. The number of nitrogens with one attached hydrogen (secondary N) is 1.